The fourth-order valence-corrected chi connectivity index (χ4v) is 4.45. The van der Waals surface area contributed by atoms with Crippen LogP contribution in [0.3, 0.4) is 0 Å². The number of hydrogen-bond acceptors (Lipinski definition) is 2. The highest BCUT2D eigenvalue weighted by atomic mass is 79.9. The molecule has 21 heavy (non-hydrogen) atoms. The summed E-state index contributed by atoms with van der Waals surface area (Å²) in [6.07, 6.45) is 9.17. The van der Waals surface area contributed by atoms with E-state index in [1.807, 2.05) is 12.3 Å². The fourth-order valence-electron chi connectivity index (χ4n) is 4.04. The van der Waals surface area contributed by atoms with Gasteiger partial charge >= 0.3 is 0 Å². The van der Waals surface area contributed by atoms with Crippen LogP contribution in [0.15, 0.2) is 47.2 Å². The molecular weight excluding hydrogens is 326 g/mol. The van der Waals surface area contributed by atoms with E-state index in [1.165, 1.54) is 35.7 Å². The molecule has 2 bridgehead atoms. The van der Waals surface area contributed by atoms with Gasteiger partial charge in [0.1, 0.15) is 0 Å². The third-order valence-electron chi connectivity index (χ3n) is 5.07. The smallest absolute Gasteiger partial charge is 0.0549 e. The normalized spacial score (nSPS) is 28.9. The summed E-state index contributed by atoms with van der Waals surface area (Å²) < 4.78 is 3.40. The Morgan fingerprint density at radius 2 is 1.81 bits per heavy atom. The maximum absolute atomic E-state index is 4.45. The number of hydrogen-bond donors (Lipinski definition) is 0. The number of rotatable bonds is 3. The fraction of sp³-hybridized carbons (Fsp3) is 0.471. The molecule has 1 aromatic carbocycles. The number of fused-ring (bicyclic) bond motifs is 2. The van der Waals surface area contributed by atoms with E-state index in [0.29, 0.717) is 18.1 Å². The highest BCUT2D eigenvalue weighted by molar-refractivity contribution is 9.10. The summed E-state index contributed by atoms with van der Waals surface area (Å²) in [5.74, 6) is 0. The largest absolute Gasteiger partial charge is 0.293 e. The van der Waals surface area contributed by atoms with Crippen LogP contribution in [0.5, 0.6) is 0 Å². The van der Waals surface area contributed by atoms with Crippen LogP contribution in [0.2, 0.25) is 0 Å². The Hall–Kier alpha value is -1.13. The molecule has 2 saturated heterocycles. The molecule has 0 radical (unpaired) electrons. The number of piperidine rings is 1. The van der Waals surface area contributed by atoms with Crippen LogP contribution in [0.25, 0.3) is 0 Å². The van der Waals surface area contributed by atoms with Gasteiger partial charge in [-0.3, -0.25) is 9.58 Å². The lowest BCUT2D eigenvalue weighted by Crippen LogP contribution is -2.43. The predicted octanol–water partition coefficient (Wildman–Crippen LogP) is 4.01. The van der Waals surface area contributed by atoms with Crippen LogP contribution < -0.4 is 0 Å². The second kappa shape index (κ2) is 5.58. The number of aromatic nitrogens is 2. The van der Waals surface area contributed by atoms with Gasteiger partial charge in [0.25, 0.3) is 0 Å². The van der Waals surface area contributed by atoms with Crippen molar-refractivity contribution in [2.24, 2.45) is 0 Å². The third kappa shape index (κ3) is 2.55. The van der Waals surface area contributed by atoms with E-state index in [0.717, 1.165) is 6.54 Å². The lowest BCUT2D eigenvalue weighted by molar-refractivity contribution is 0.0949. The lowest BCUT2D eigenvalue weighted by atomic mass is 9.96. The molecule has 0 N–H and O–H groups in total. The van der Waals surface area contributed by atoms with Gasteiger partial charge in [-0.15, -0.1) is 0 Å². The third-order valence-corrected chi connectivity index (χ3v) is 5.84. The first-order valence-corrected chi connectivity index (χ1v) is 8.59. The van der Waals surface area contributed by atoms with Gasteiger partial charge in [-0.2, -0.15) is 5.10 Å². The number of nitrogens with zero attached hydrogens (tertiary/aromatic N) is 3. The van der Waals surface area contributed by atoms with Crippen molar-refractivity contribution in [1.29, 1.82) is 0 Å². The molecule has 4 heteroatoms. The summed E-state index contributed by atoms with van der Waals surface area (Å²) in [4.78, 5) is 2.72. The SMILES string of the molecule is Brc1ccccc1CN1C2CCC1CC(n1cccn1)C2. The Kier molecular flexibility index (Phi) is 3.59. The van der Waals surface area contributed by atoms with Crippen LogP contribution in [-0.4, -0.2) is 26.8 Å². The molecule has 3 heterocycles. The van der Waals surface area contributed by atoms with Crippen molar-refractivity contribution < 1.29 is 0 Å². The quantitative estimate of drug-likeness (QED) is 0.837. The minimum absolute atomic E-state index is 0.591. The Labute approximate surface area is 134 Å². The van der Waals surface area contributed by atoms with Crippen molar-refractivity contribution in [2.45, 2.75) is 50.4 Å². The first kappa shape index (κ1) is 13.5. The highest BCUT2D eigenvalue weighted by Gasteiger charge is 2.41. The molecule has 0 saturated carbocycles. The first-order valence-electron chi connectivity index (χ1n) is 7.79. The van der Waals surface area contributed by atoms with E-state index >= 15 is 0 Å². The lowest BCUT2D eigenvalue weighted by Gasteiger charge is -2.39. The number of halogens is 1. The van der Waals surface area contributed by atoms with Gasteiger partial charge in [-0.05, 0) is 43.4 Å². The van der Waals surface area contributed by atoms with E-state index in [-0.39, 0.29) is 0 Å². The van der Waals surface area contributed by atoms with E-state index in [9.17, 15) is 0 Å². The Morgan fingerprint density at radius 3 is 2.48 bits per heavy atom. The maximum Gasteiger partial charge on any atom is 0.0549 e. The molecule has 1 aromatic heterocycles. The van der Waals surface area contributed by atoms with Gasteiger partial charge in [0.05, 0.1) is 6.04 Å². The zero-order chi connectivity index (χ0) is 14.2. The zero-order valence-corrected chi connectivity index (χ0v) is 13.6. The van der Waals surface area contributed by atoms with Crippen molar-refractivity contribution in [1.82, 2.24) is 14.7 Å². The van der Waals surface area contributed by atoms with Gasteiger partial charge in [-0.1, -0.05) is 34.1 Å². The van der Waals surface area contributed by atoms with Gasteiger partial charge in [0.2, 0.25) is 0 Å². The van der Waals surface area contributed by atoms with Gasteiger partial charge in [0, 0.05) is 35.5 Å². The van der Waals surface area contributed by atoms with Crippen molar-refractivity contribution in [2.75, 3.05) is 0 Å². The minimum atomic E-state index is 0.591. The summed E-state index contributed by atoms with van der Waals surface area (Å²) in [5.41, 5.74) is 1.41. The van der Waals surface area contributed by atoms with E-state index in [1.54, 1.807) is 0 Å². The van der Waals surface area contributed by atoms with Gasteiger partial charge < -0.3 is 0 Å². The first-order chi connectivity index (χ1) is 10.3. The Bertz CT molecular complexity index is 596. The van der Waals surface area contributed by atoms with Gasteiger partial charge in [-0.25, -0.2) is 0 Å². The molecule has 2 fully saturated rings. The van der Waals surface area contributed by atoms with Crippen LogP contribution in [0.4, 0.5) is 0 Å². The number of benzene rings is 1. The summed E-state index contributed by atoms with van der Waals surface area (Å²) in [6, 6.07) is 12.7. The van der Waals surface area contributed by atoms with Crippen molar-refractivity contribution in [3.8, 4) is 0 Å². The molecule has 4 rings (SSSR count). The summed E-state index contributed by atoms with van der Waals surface area (Å²) >= 11 is 3.69. The van der Waals surface area contributed by atoms with Crippen LogP contribution in [0, 0.1) is 0 Å². The van der Waals surface area contributed by atoms with Crippen molar-refractivity contribution in [3.63, 3.8) is 0 Å². The molecule has 2 aliphatic rings. The molecular formula is C17H20BrN3. The summed E-state index contributed by atoms with van der Waals surface area (Å²) in [5, 5.41) is 4.45. The van der Waals surface area contributed by atoms with E-state index < -0.39 is 0 Å². The monoisotopic (exact) mass is 345 g/mol. The van der Waals surface area contributed by atoms with E-state index in [4.69, 9.17) is 0 Å². The molecule has 110 valence electrons. The zero-order valence-electron chi connectivity index (χ0n) is 12.0. The molecule has 0 spiro atoms. The maximum atomic E-state index is 4.45. The van der Waals surface area contributed by atoms with Crippen molar-refractivity contribution in [3.05, 3.63) is 52.8 Å². The van der Waals surface area contributed by atoms with Gasteiger partial charge in [0.15, 0.2) is 0 Å². The second-order valence-electron chi connectivity index (χ2n) is 6.26. The van der Waals surface area contributed by atoms with Crippen LogP contribution in [-0.2, 0) is 6.54 Å². The van der Waals surface area contributed by atoms with Crippen LogP contribution >= 0.6 is 15.9 Å². The molecule has 2 aromatic rings. The summed E-state index contributed by atoms with van der Waals surface area (Å²) in [7, 11) is 0. The second-order valence-corrected chi connectivity index (χ2v) is 7.11. The van der Waals surface area contributed by atoms with Crippen LogP contribution in [0.1, 0.15) is 37.3 Å². The molecule has 3 nitrogen and oxygen atoms in total. The average molecular weight is 346 g/mol. The Balaban J connectivity index is 1.51. The molecule has 2 atom stereocenters. The molecule has 2 unspecified atom stereocenters. The average Bonchev–Trinajstić information content (AvgIpc) is 3.09. The predicted molar refractivity (Wildman–Crippen MR) is 87.0 cm³/mol. The van der Waals surface area contributed by atoms with Crippen molar-refractivity contribution >= 4 is 15.9 Å². The minimum Gasteiger partial charge on any atom is -0.293 e. The molecule has 2 aliphatic heterocycles. The molecule has 0 amide bonds. The Morgan fingerprint density at radius 1 is 1.05 bits per heavy atom. The summed E-state index contributed by atoms with van der Waals surface area (Å²) in [6.45, 7) is 1.07. The van der Waals surface area contributed by atoms with E-state index in [2.05, 4.69) is 61.1 Å². The highest BCUT2D eigenvalue weighted by Crippen LogP contribution is 2.41. The standard InChI is InChI=1S/C17H20BrN3/c18-17-5-2-1-4-13(17)12-20-14-6-7-15(20)11-16(10-14)21-9-3-8-19-21/h1-5,8-9,14-16H,6-7,10-12H2. The molecule has 0 aliphatic carbocycles. The topological polar surface area (TPSA) is 21.1 Å².